The Morgan fingerprint density at radius 3 is 2.44 bits per heavy atom. The van der Waals surface area contributed by atoms with Gasteiger partial charge >= 0.3 is 12.1 Å². The molecule has 1 heterocycles. The molecule has 9 heteroatoms. The van der Waals surface area contributed by atoms with Crippen LogP contribution in [0.3, 0.4) is 0 Å². The molecule has 4 aromatic carbocycles. The Balaban J connectivity index is 1.16. The monoisotopic (exact) mass is 601 g/mol. The van der Waals surface area contributed by atoms with Gasteiger partial charge in [-0.15, -0.1) is 0 Å². The van der Waals surface area contributed by atoms with Gasteiger partial charge in [-0.2, -0.15) is 11.8 Å². The van der Waals surface area contributed by atoms with Gasteiger partial charge in [0.1, 0.15) is 41.0 Å². The number of ether oxygens (including phenoxy) is 2. The highest BCUT2D eigenvalue weighted by Gasteiger charge is 2.24. The van der Waals surface area contributed by atoms with Crippen molar-refractivity contribution in [3.05, 3.63) is 102 Å². The molecule has 5 aromatic rings. The van der Waals surface area contributed by atoms with E-state index in [9.17, 15) is 19.1 Å². The Kier molecular flexibility index (Phi) is 8.92. The molecule has 222 valence electrons. The summed E-state index contributed by atoms with van der Waals surface area (Å²) in [6, 6.07) is 25.6. The van der Waals surface area contributed by atoms with E-state index in [1.807, 2.05) is 54.6 Å². The van der Waals surface area contributed by atoms with Crippen LogP contribution in [0.15, 0.2) is 89.3 Å². The molecule has 1 aromatic heterocycles. The van der Waals surface area contributed by atoms with Crippen molar-refractivity contribution in [3.63, 3.8) is 0 Å². The van der Waals surface area contributed by atoms with Crippen LogP contribution in [0.2, 0.25) is 0 Å². The van der Waals surface area contributed by atoms with Gasteiger partial charge in [0.25, 0.3) is 0 Å². The van der Waals surface area contributed by atoms with Gasteiger partial charge in [-0.3, -0.25) is 0 Å². The highest BCUT2D eigenvalue weighted by Crippen LogP contribution is 2.35. The van der Waals surface area contributed by atoms with Crippen LogP contribution in [0.4, 0.5) is 9.18 Å². The van der Waals surface area contributed by atoms with Crippen molar-refractivity contribution < 1.29 is 33.0 Å². The number of carboxylic acids is 1. The Bertz CT molecular complexity index is 1760. The quantitative estimate of drug-likeness (QED) is 0.167. The van der Waals surface area contributed by atoms with E-state index in [0.717, 1.165) is 38.6 Å². The van der Waals surface area contributed by atoms with Crippen molar-refractivity contribution in [2.45, 2.75) is 44.8 Å². The SMILES string of the molecule is CC(C)(C)OC(=O)NC(CSCc1ccc(OCc2ccc(-c3cccc4c3oc3ccccc34)cc2)cc1F)C(=O)O. The lowest BCUT2D eigenvalue weighted by molar-refractivity contribution is -0.138. The fourth-order valence-electron chi connectivity index (χ4n) is 4.57. The molecule has 0 spiro atoms. The molecule has 7 nitrogen and oxygen atoms in total. The van der Waals surface area contributed by atoms with Gasteiger partial charge in [0, 0.05) is 33.9 Å². The predicted octanol–water partition coefficient (Wildman–Crippen LogP) is 8.18. The maximum absolute atomic E-state index is 14.8. The predicted molar refractivity (Wildman–Crippen MR) is 167 cm³/mol. The van der Waals surface area contributed by atoms with Crippen LogP contribution in [0.5, 0.6) is 5.75 Å². The van der Waals surface area contributed by atoms with Crippen molar-refractivity contribution in [2.24, 2.45) is 0 Å². The molecule has 0 bridgehead atoms. The minimum atomic E-state index is -1.19. The van der Waals surface area contributed by atoms with Gasteiger partial charge in [-0.05, 0) is 49.6 Å². The van der Waals surface area contributed by atoms with E-state index in [2.05, 4.69) is 17.4 Å². The molecule has 5 rings (SSSR count). The van der Waals surface area contributed by atoms with Crippen LogP contribution >= 0.6 is 11.8 Å². The fourth-order valence-corrected chi connectivity index (χ4v) is 5.60. The molecule has 43 heavy (non-hydrogen) atoms. The number of carboxylic acid groups (broad SMARTS) is 1. The molecule has 2 N–H and O–H groups in total. The third-order valence-electron chi connectivity index (χ3n) is 6.63. The molecular weight excluding hydrogens is 569 g/mol. The number of halogens is 1. The first-order valence-corrected chi connectivity index (χ1v) is 14.9. The minimum absolute atomic E-state index is 0.0487. The average Bonchev–Trinajstić information content (AvgIpc) is 3.35. The van der Waals surface area contributed by atoms with E-state index in [4.69, 9.17) is 13.9 Å². The van der Waals surface area contributed by atoms with Crippen molar-refractivity contribution >= 4 is 45.8 Å². The van der Waals surface area contributed by atoms with E-state index >= 15 is 0 Å². The largest absolute Gasteiger partial charge is 0.489 e. The first-order valence-electron chi connectivity index (χ1n) is 13.8. The van der Waals surface area contributed by atoms with Crippen LogP contribution in [0.1, 0.15) is 31.9 Å². The van der Waals surface area contributed by atoms with Crippen LogP contribution in [0, 0.1) is 5.82 Å². The second kappa shape index (κ2) is 12.8. The normalized spacial score (nSPS) is 12.3. The van der Waals surface area contributed by atoms with E-state index in [1.54, 1.807) is 32.9 Å². The molecule has 0 saturated heterocycles. The zero-order valence-electron chi connectivity index (χ0n) is 24.1. The van der Waals surface area contributed by atoms with Crippen LogP contribution in [0.25, 0.3) is 33.1 Å². The highest BCUT2D eigenvalue weighted by molar-refractivity contribution is 7.98. The molecule has 0 aliphatic rings. The lowest BCUT2D eigenvalue weighted by Gasteiger charge is -2.21. The standard InChI is InChI=1S/C34H32FNO6S/c1-34(2,3)42-33(39)36-29(32(37)38)20-43-19-23-15-16-24(17-28(23)35)40-18-21-11-13-22(14-12-21)25-8-6-9-27-26-7-4-5-10-30(26)41-31(25)27/h4-17,29H,18-20H2,1-3H3,(H,36,39)(H,37,38). The number of carbonyl (C=O) groups excluding carboxylic acids is 1. The lowest BCUT2D eigenvalue weighted by Crippen LogP contribution is -2.44. The van der Waals surface area contributed by atoms with Crippen molar-refractivity contribution in [3.8, 4) is 16.9 Å². The number of rotatable bonds is 10. The summed E-state index contributed by atoms with van der Waals surface area (Å²) in [6.45, 7) is 5.33. The van der Waals surface area contributed by atoms with Crippen LogP contribution < -0.4 is 10.1 Å². The number of nitrogens with one attached hydrogen (secondary N) is 1. The molecule has 1 amide bonds. The number of amides is 1. The van der Waals surface area contributed by atoms with Crippen LogP contribution in [-0.2, 0) is 21.9 Å². The van der Waals surface area contributed by atoms with E-state index < -0.39 is 29.5 Å². The number of fused-ring (bicyclic) bond motifs is 3. The van der Waals surface area contributed by atoms with Crippen molar-refractivity contribution in [1.29, 1.82) is 0 Å². The number of hydrogen-bond acceptors (Lipinski definition) is 6. The minimum Gasteiger partial charge on any atom is -0.489 e. The second-order valence-corrected chi connectivity index (χ2v) is 12.1. The Morgan fingerprint density at radius 2 is 1.72 bits per heavy atom. The third kappa shape index (κ3) is 7.48. The number of para-hydroxylation sites is 2. The Labute approximate surface area is 253 Å². The van der Waals surface area contributed by atoms with Gasteiger partial charge in [0.15, 0.2) is 0 Å². The second-order valence-electron chi connectivity index (χ2n) is 11.1. The zero-order chi connectivity index (χ0) is 30.6. The molecular formula is C34H32FNO6S. The maximum atomic E-state index is 14.8. The van der Waals surface area contributed by atoms with Crippen molar-refractivity contribution in [2.75, 3.05) is 5.75 Å². The first-order chi connectivity index (χ1) is 20.6. The molecule has 0 aliphatic carbocycles. The van der Waals surface area contributed by atoms with E-state index in [1.165, 1.54) is 17.8 Å². The first kappa shape index (κ1) is 30.0. The lowest BCUT2D eigenvalue weighted by atomic mass is 10.0. The van der Waals surface area contributed by atoms with Gasteiger partial charge in [-0.25, -0.2) is 14.0 Å². The Hall–Kier alpha value is -4.50. The number of furan rings is 1. The number of aliphatic carboxylic acids is 1. The summed E-state index contributed by atoms with van der Waals surface area (Å²) >= 11 is 1.20. The number of hydrogen-bond donors (Lipinski definition) is 2. The molecule has 1 atom stereocenters. The molecule has 0 saturated carbocycles. The highest BCUT2D eigenvalue weighted by atomic mass is 32.2. The summed E-state index contributed by atoms with van der Waals surface area (Å²) in [5.41, 5.74) is 4.31. The number of carbonyl (C=O) groups is 2. The summed E-state index contributed by atoms with van der Waals surface area (Å²) in [5, 5.41) is 13.9. The molecule has 0 radical (unpaired) electrons. The van der Waals surface area contributed by atoms with Gasteiger partial charge < -0.3 is 24.3 Å². The molecule has 0 fully saturated rings. The summed E-state index contributed by atoms with van der Waals surface area (Å²) in [5.74, 6) is -0.982. The summed E-state index contributed by atoms with van der Waals surface area (Å²) < 4.78 is 31.9. The van der Waals surface area contributed by atoms with Gasteiger partial charge in [-0.1, -0.05) is 66.7 Å². The smallest absolute Gasteiger partial charge is 0.408 e. The topological polar surface area (TPSA) is 98.0 Å². The zero-order valence-corrected chi connectivity index (χ0v) is 24.9. The van der Waals surface area contributed by atoms with Crippen LogP contribution in [-0.4, -0.2) is 34.6 Å². The van der Waals surface area contributed by atoms with Crippen molar-refractivity contribution in [1.82, 2.24) is 5.32 Å². The number of alkyl carbamates (subject to hydrolysis) is 1. The number of benzene rings is 4. The third-order valence-corrected chi connectivity index (χ3v) is 7.71. The van der Waals surface area contributed by atoms with Gasteiger partial charge in [0.2, 0.25) is 0 Å². The fraction of sp³-hybridized carbons (Fsp3) is 0.235. The Morgan fingerprint density at radius 1 is 0.977 bits per heavy atom. The summed E-state index contributed by atoms with van der Waals surface area (Å²) in [6.07, 6.45) is -0.814. The van der Waals surface area contributed by atoms with Gasteiger partial charge in [0.05, 0.1) is 0 Å². The summed E-state index contributed by atoms with van der Waals surface area (Å²) in [7, 11) is 0. The summed E-state index contributed by atoms with van der Waals surface area (Å²) in [4.78, 5) is 23.5. The maximum Gasteiger partial charge on any atom is 0.408 e. The molecule has 0 aliphatic heterocycles. The van der Waals surface area contributed by atoms with E-state index in [0.29, 0.717) is 11.3 Å². The average molecular weight is 602 g/mol. The molecule has 1 unspecified atom stereocenters. The number of thioether (sulfide) groups is 1. The van der Waals surface area contributed by atoms with E-state index in [-0.39, 0.29) is 18.1 Å².